The zero-order chi connectivity index (χ0) is 18.2. The Morgan fingerprint density at radius 3 is 2.85 bits per heavy atom. The van der Waals surface area contributed by atoms with E-state index in [4.69, 9.17) is 17.0 Å². The molecule has 26 heavy (non-hydrogen) atoms. The Hall–Kier alpha value is -1.47. The van der Waals surface area contributed by atoms with E-state index in [1.54, 1.807) is 11.3 Å². The van der Waals surface area contributed by atoms with Crippen molar-refractivity contribution >= 4 is 34.4 Å². The van der Waals surface area contributed by atoms with Crippen molar-refractivity contribution in [2.45, 2.75) is 19.9 Å². The lowest BCUT2D eigenvalue weighted by Gasteiger charge is -2.29. The van der Waals surface area contributed by atoms with E-state index in [2.05, 4.69) is 63.8 Å². The number of nitrogens with zero attached hydrogens (tertiary/aromatic N) is 2. The summed E-state index contributed by atoms with van der Waals surface area (Å²) in [5.41, 5.74) is 2.29. The third kappa shape index (κ3) is 6.06. The van der Waals surface area contributed by atoms with Crippen molar-refractivity contribution in [1.82, 2.24) is 9.80 Å². The van der Waals surface area contributed by atoms with Crippen LogP contribution in [0, 0.1) is 6.92 Å². The molecular formula is C20H27N3OS2. The summed E-state index contributed by atoms with van der Waals surface area (Å²) in [4.78, 5) is 6.10. The van der Waals surface area contributed by atoms with E-state index in [-0.39, 0.29) is 0 Å². The molecular weight excluding hydrogens is 362 g/mol. The van der Waals surface area contributed by atoms with E-state index in [9.17, 15) is 0 Å². The molecule has 2 aromatic rings. The van der Waals surface area contributed by atoms with Gasteiger partial charge in [0.25, 0.3) is 0 Å². The van der Waals surface area contributed by atoms with Crippen LogP contribution in [-0.4, -0.2) is 54.3 Å². The molecule has 1 aliphatic heterocycles. The summed E-state index contributed by atoms with van der Waals surface area (Å²) >= 11 is 7.51. The lowest BCUT2D eigenvalue weighted by molar-refractivity contribution is 0.0368. The third-order valence-electron chi connectivity index (χ3n) is 4.49. The molecule has 0 atom stereocenters. The highest BCUT2D eigenvalue weighted by atomic mass is 32.1. The van der Waals surface area contributed by atoms with Crippen LogP contribution in [0.3, 0.4) is 0 Å². The Kier molecular flexibility index (Phi) is 7.43. The van der Waals surface area contributed by atoms with Gasteiger partial charge in [0.1, 0.15) is 0 Å². The number of ether oxygens (including phenoxy) is 1. The predicted molar refractivity (Wildman–Crippen MR) is 114 cm³/mol. The van der Waals surface area contributed by atoms with Gasteiger partial charge < -0.3 is 15.0 Å². The van der Waals surface area contributed by atoms with Crippen molar-refractivity contribution < 1.29 is 4.74 Å². The number of hydrogen-bond acceptors (Lipinski definition) is 4. The minimum absolute atomic E-state index is 0.797. The number of hydrogen-bond donors (Lipinski definition) is 1. The molecule has 1 saturated heterocycles. The summed E-state index contributed by atoms with van der Waals surface area (Å²) in [5.74, 6) is 0. The van der Waals surface area contributed by atoms with E-state index < -0.39 is 0 Å². The second kappa shape index (κ2) is 10.0. The quantitative estimate of drug-likeness (QED) is 0.723. The highest BCUT2D eigenvalue weighted by molar-refractivity contribution is 7.80. The fourth-order valence-electron chi connectivity index (χ4n) is 3.08. The second-order valence-electron chi connectivity index (χ2n) is 6.61. The first-order valence-corrected chi connectivity index (χ1v) is 10.4. The Balaban J connectivity index is 1.57. The van der Waals surface area contributed by atoms with Crippen molar-refractivity contribution in [3.63, 3.8) is 0 Å². The van der Waals surface area contributed by atoms with E-state index in [1.807, 2.05) is 0 Å². The van der Waals surface area contributed by atoms with Gasteiger partial charge in [0.2, 0.25) is 0 Å². The topological polar surface area (TPSA) is 27.7 Å². The van der Waals surface area contributed by atoms with Crippen molar-refractivity contribution in [3.05, 3.63) is 52.2 Å². The van der Waals surface area contributed by atoms with E-state index in [0.717, 1.165) is 63.2 Å². The van der Waals surface area contributed by atoms with Crippen LogP contribution in [0.2, 0.25) is 0 Å². The average molecular weight is 390 g/mol. The van der Waals surface area contributed by atoms with E-state index >= 15 is 0 Å². The molecule has 1 aromatic carbocycles. The van der Waals surface area contributed by atoms with Gasteiger partial charge in [0.15, 0.2) is 5.11 Å². The molecule has 1 N–H and O–H groups in total. The van der Waals surface area contributed by atoms with Crippen LogP contribution in [-0.2, 0) is 11.3 Å². The Labute approximate surface area is 165 Å². The number of anilines is 1. The van der Waals surface area contributed by atoms with Crippen LogP contribution in [0.5, 0.6) is 0 Å². The molecule has 1 aromatic heterocycles. The summed E-state index contributed by atoms with van der Waals surface area (Å²) in [6, 6.07) is 12.6. The first kappa shape index (κ1) is 19.3. The monoisotopic (exact) mass is 389 g/mol. The largest absolute Gasteiger partial charge is 0.379 e. The molecule has 6 heteroatoms. The van der Waals surface area contributed by atoms with Gasteiger partial charge in [-0.05, 0) is 54.7 Å². The maximum atomic E-state index is 5.73. The predicted octanol–water partition coefficient (Wildman–Crippen LogP) is 3.98. The van der Waals surface area contributed by atoms with Crippen molar-refractivity contribution in [2.24, 2.45) is 0 Å². The van der Waals surface area contributed by atoms with Gasteiger partial charge in [-0.2, -0.15) is 0 Å². The fraction of sp³-hybridized carbons (Fsp3) is 0.450. The average Bonchev–Trinajstić information content (AvgIpc) is 3.15. The Morgan fingerprint density at radius 1 is 1.27 bits per heavy atom. The van der Waals surface area contributed by atoms with Crippen LogP contribution in [0.4, 0.5) is 5.69 Å². The summed E-state index contributed by atoms with van der Waals surface area (Å²) in [7, 11) is 0. The van der Waals surface area contributed by atoms with Crippen molar-refractivity contribution in [1.29, 1.82) is 0 Å². The molecule has 3 rings (SSSR count). The standard InChI is InChI=1S/C20H27N3OS2/c1-17-5-2-6-18(15-17)21-20(25)23(16-19-7-3-14-26-19)9-4-8-22-10-12-24-13-11-22/h2-3,5-7,14-15H,4,8-13,16H2,1H3,(H,21,25). The first-order chi connectivity index (χ1) is 12.7. The molecule has 0 amide bonds. The minimum atomic E-state index is 0.797. The van der Waals surface area contributed by atoms with Gasteiger partial charge in [-0.25, -0.2) is 0 Å². The van der Waals surface area contributed by atoms with Crippen molar-refractivity contribution in [3.8, 4) is 0 Å². The van der Waals surface area contributed by atoms with Crippen LogP contribution < -0.4 is 5.32 Å². The SMILES string of the molecule is Cc1cccc(NC(=S)N(CCCN2CCOCC2)Cc2cccs2)c1. The van der Waals surface area contributed by atoms with Gasteiger partial charge in [-0.1, -0.05) is 18.2 Å². The minimum Gasteiger partial charge on any atom is -0.379 e. The normalized spacial score (nSPS) is 15.0. The smallest absolute Gasteiger partial charge is 0.173 e. The van der Waals surface area contributed by atoms with E-state index in [1.165, 1.54) is 10.4 Å². The van der Waals surface area contributed by atoms with Crippen molar-refractivity contribution in [2.75, 3.05) is 44.7 Å². The molecule has 0 spiro atoms. The maximum Gasteiger partial charge on any atom is 0.173 e. The summed E-state index contributed by atoms with van der Waals surface area (Å²) in [6.07, 6.45) is 1.10. The Bertz CT molecular complexity index is 684. The zero-order valence-electron chi connectivity index (χ0n) is 15.3. The molecule has 0 bridgehead atoms. The molecule has 140 valence electrons. The number of morpholine rings is 1. The highest BCUT2D eigenvalue weighted by Gasteiger charge is 2.14. The number of rotatable bonds is 7. The Morgan fingerprint density at radius 2 is 2.12 bits per heavy atom. The number of benzene rings is 1. The zero-order valence-corrected chi connectivity index (χ0v) is 17.0. The molecule has 2 heterocycles. The molecule has 0 unspecified atom stereocenters. The molecule has 4 nitrogen and oxygen atoms in total. The van der Waals surface area contributed by atoms with Crippen LogP contribution >= 0.6 is 23.6 Å². The third-order valence-corrected chi connectivity index (χ3v) is 5.71. The molecule has 1 aliphatic rings. The molecule has 0 saturated carbocycles. The van der Waals surface area contributed by atoms with Gasteiger partial charge in [0.05, 0.1) is 19.8 Å². The molecule has 1 fully saturated rings. The van der Waals surface area contributed by atoms with Crippen LogP contribution in [0.15, 0.2) is 41.8 Å². The molecule has 0 radical (unpaired) electrons. The van der Waals surface area contributed by atoms with Gasteiger partial charge in [-0.3, -0.25) is 4.90 Å². The summed E-state index contributed by atoms with van der Waals surface area (Å²) in [6.45, 7) is 8.79. The van der Waals surface area contributed by atoms with Gasteiger partial charge >= 0.3 is 0 Å². The van der Waals surface area contributed by atoms with E-state index in [0.29, 0.717) is 0 Å². The molecule has 0 aliphatic carbocycles. The van der Waals surface area contributed by atoms with Gasteiger partial charge in [0, 0.05) is 36.7 Å². The second-order valence-corrected chi connectivity index (χ2v) is 8.03. The number of thiocarbonyl (C=S) groups is 1. The highest BCUT2D eigenvalue weighted by Crippen LogP contribution is 2.15. The van der Waals surface area contributed by atoms with Crippen LogP contribution in [0.1, 0.15) is 16.9 Å². The lowest BCUT2D eigenvalue weighted by atomic mass is 10.2. The fourth-order valence-corrected chi connectivity index (χ4v) is 4.07. The summed E-state index contributed by atoms with van der Waals surface area (Å²) < 4.78 is 5.43. The maximum absolute atomic E-state index is 5.73. The number of aryl methyl sites for hydroxylation is 1. The summed E-state index contributed by atoms with van der Waals surface area (Å²) in [5, 5.41) is 6.33. The van der Waals surface area contributed by atoms with Gasteiger partial charge in [-0.15, -0.1) is 11.3 Å². The number of thiophene rings is 1. The lowest BCUT2D eigenvalue weighted by Crippen LogP contribution is -2.39. The first-order valence-electron chi connectivity index (χ1n) is 9.16. The van der Waals surface area contributed by atoms with Crippen LogP contribution in [0.25, 0.3) is 0 Å². The number of nitrogens with one attached hydrogen (secondary N) is 1.